The highest BCUT2D eigenvalue weighted by atomic mass is 16.4. The number of carboxylic acid groups (broad SMARTS) is 1. The monoisotopic (exact) mass is 429 g/mol. The molecule has 0 amide bonds. The van der Waals surface area contributed by atoms with Gasteiger partial charge in [-0.1, -0.05) is 50.3 Å². The summed E-state index contributed by atoms with van der Waals surface area (Å²) in [4.78, 5) is 10.9. The number of benzene rings is 3. The van der Waals surface area contributed by atoms with Gasteiger partial charge in [-0.15, -0.1) is 0 Å². The predicted molar refractivity (Wildman–Crippen MR) is 132 cm³/mol. The molecule has 166 valence electrons. The van der Waals surface area contributed by atoms with E-state index >= 15 is 0 Å². The third kappa shape index (κ3) is 5.79. The first-order valence-corrected chi connectivity index (χ1v) is 10.9. The van der Waals surface area contributed by atoms with E-state index in [-0.39, 0.29) is 11.2 Å². The summed E-state index contributed by atoms with van der Waals surface area (Å²) in [5, 5.41) is 17.7. The van der Waals surface area contributed by atoms with Gasteiger partial charge in [0, 0.05) is 5.69 Å². The van der Waals surface area contributed by atoms with Crippen molar-refractivity contribution in [2.75, 3.05) is 5.73 Å². The zero-order valence-electron chi connectivity index (χ0n) is 18.9. The van der Waals surface area contributed by atoms with Crippen molar-refractivity contribution in [1.29, 1.82) is 0 Å². The molecule has 0 aromatic heterocycles. The number of fused-ring (bicyclic) bond motifs is 1. The lowest BCUT2D eigenvalue weighted by atomic mass is 9.72. The number of aryl methyl sites for hydroxylation is 1. The van der Waals surface area contributed by atoms with Crippen molar-refractivity contribution in [1.82, 2.24) is 0 Å². The molecule has 0 radical (unpaired) electrons. The molecule has 0 spiro atoms. The number of hydrogen-bond acceptors (Lipinski definition) is 3. The number of carbonyl (C=O) groups is 1. The van der Waals surface area contributed by atoms with Gasteiger partial charge in [-0.25, -0.2) is 4.79 Å². The van der Waals surface area contributed by atoms with Gasteiger partial charge in [-0.3, -0.25) is 0 Å². The van der Waals surface area contributed by atoms with Crippen molar-refractivity contribution in [2.24, 2.45) is 0 Å². The van der Waals surface area contributed by atoms with E-state index in [4.69, 9.17) is 15.9 Å². The zero-order valence-corrected chi connectivity index (χ0v) is 18.9. The number of anilines is 1. The van der Waals surface area contributed by atoms with Crippen LogP contribution in [0.3, 0.4) is 0 Å². The van der Waals surface area contributed by atoms with Crippen molar-refractivity contribution in [3.05, 3.63) is 94.5 Å². The number of hydrogen-bond donors (Lipinski definition) is 3. The number of carboxylic acids is 1. The molecular formula is C28H31NO3. The van der Waals surface area contributed by atoms with Gasteiger partial charge >= 0.3 is 5.97 Å². The first-order valence-electron chi connectivity index (χ1n) is 10.9. The summed E-state index contributed by atoms with van der Waals surface area (Å²) in [7, 11) is 0. The number of rotatable bonds is 3. The second-order valence-electron chi connectivity index (χ2n) is 8.96. The van der Waals surface area contributed by atoms with Crippen molar-refractivity contribution < 1.29 is 15.0 Å². The molecule has 4 rings (SSSR count). The zero-order chi connectivity index (χ0) is 23.3. The van der Waals surface area contributed by atoms with Crippen LogP contribution in [0.5, 0.6) is 5.75 Å². The van der Waals surface area contributed by atoms with E-state index in [9.17, 15) is 4.79 Å². The number of aromatic hydroxyl groups is 1. The Labute approximate surface area is 190 Å². The molecule has 0 saturated heterocycles. The van der Waals surface area contributed by atoms with Gasteiger partial charge in [0.2, 0.25) is 0 Å². The van der Waals surface area contributed by atoms with Gasteiger partial charge in [-0.05, 0) is 95.8 Å². The van der Waals surface area contributed by atoms with E-state index in [1.54, 1.807) is 36.4 Å². The van der Waals surface area contributed by atoms with Crippen LogP contribution < -0.4 is 5.73 Å². The number of nitrogen functional groups attached to an aromatic ring is 1. The molecule has 0 heterocycles. The molecule has 3 aromatic carbocycles. The second-order valence-corrected chi connectivity index (χ2v) is 8.96. The maximum Gasteiger partial charge on any atom is 0.335 e. The van der Waals surface area contributed by atoms with Crippen LogP contribution >= 0.6 is 0 Å². The Bertz CT molecular complexity index is 1090. The van der Waals surface area contributed by atoms with Crippen LogP contribution in [-0.2, 0) is 11.8 Å². The van der Waals surface area contributed by atoms with Crippen LogP contribution in [0.4, 0.5) is 5.69 Å². The van der Waals surface area contributed by atoms with E-state index in [0.717, 1.165) is 5.56 Å². The van der Waals surface area contributed by atoms with E-state index in [2.05, 4.69) is 45.0 Å². The van der Waals surface area contributed by atoms with Gasteiger partial charge in [0.15, 0.2) is 0 Å². The number of phenolic OH excluding ortho intramolecular Hbond substituents is 1. The Morgan fingerprint density at radius 2 is 1.59 bits per heavy atom. The number of phenols is 1. The van der Waals surface area contributed by atoms with Crippen LogP contribution in [0.15, 0.2) is 66.7 Å². The second kappa shape index (κ2) is 9.73. The van der Waals surface area contributed by atoms with Gasteiger partial charge in [0.25, 0.3) is 0 Å². The molecule has 3 aromatic rings. The molecule has 4 nitrogen and oxygen atoms in total. The largest absolute Gasteiger partial charge is 0.508 e. The van der Waals surface area contributed by atoms with Gasteiger partial charge in [-0.2, -0.15) is 0 Å². The van der Waals surface area contributed by atoms with E-state index in [1.165, 1.54) is 41.5 Å². The van der Waals surface area contributed by atoms with Crippen molar-refractivity contribution in [3.63, 3.8) is 0 Å². The first kappa shape index (κ1) is 23.1. The predicted octanol–water partition coefficient (Wildman–Crippen LogP) is 6.53. The maximum absolute atomic E-state index is 10.9. The fraction of sp³-hybridized carbons (Fsp3) is 0.250. The quantitative estimate of drug-likeness (QED) is 0.251. The third-order valence-corrected chi connectivity index (χ3v) is 5.98. The summed E-state index contributed by atoms with van der Waals surface area (Å²) < 4.78 is 0. The Morgan fingerprint density at radius 3 is 2.19 bits per heavy atom. The SMILES string of the molecule is CC(=Cc1ccc(C(=O)O)cc1)c1ccc2c(c1)C(C)(C)CCC2.Nc1ccc(O)cc1. The Kier molecular flexibility index (Phi) is 7.04. The normalized spacial score (nSPS) is 14.7. The first-order chi connectivity index (χ1) is 15.2. The number of nitrogens with two attached hydrogens (primary N) is 1. The number of allylic oxidation sites excluding steroid dienone is 1. The van der Waals surface area contributed by atoms with Crippen LogP contribution in [0.1, 0.15) is 66.2 Å². The molecule has 4 heteroatoms. The molecule has 0 aliphatic heterocycles. The molecule has 0 atom stereocenters. The molecule has 1 aliphatic rings. The van der Waals surface area contributed by atoms with Gasteiger partial charge in [0.05, 0.1) is 5.56 Å². The maximum atomic E-state index is 10.9. The lowest BCUT2D eigenvalue weighted by molar-refractivity contribution is 0.0697. The minimum absolute atomic E-state index is 0.243. The van der Waals surface area contributed by atoms with Gasteiger partial charge in [0.1, 0.15) is 5.75 Å². The average Bonchev–Trinajstić information content (AvgIpc) is 2.76. The van der Waals surface area contributed by atoms with E-state index in [1.807, 2.05) is 12.1 Å². The van der Waals surface area contributed by atoms with E-state index in [0.29, 0.717) is 11.3 Å². The van der Waals surface area contributed by atoms with Crippen LogP contribution in [0, 0.1) is 0 Å². The molecule has 0 unspecified atom stereocenters. The summed E-state index contributed by atoms with van der Waals surface area (Å²) in [5.41, 5.74) is 13.0. The van der Waals surface area contributed by atoms with Crippen LogP contribution in [-0.4, -0.2) is 16.2 Å². The summed E-state index contributed by atoms with van der Waals surface area (Å²) in [5.74, 6) is -0.640. The molecule has 4 N–H and O–H groups in total. The molecule has 0 bridgehead atoms. The highest BCUT2D eigenvalue weighted by Crippen LogP contribution is 2.38. The highest BCUT2D eigenvalue weighted by molar-refractivity contribution is 5.88. The highest BCUT2D eigenvalue weighted by Gasteiger charge is 2.27. The topological polar surface area (TPSA) is 83.5 Å². The fourth-order valence-corrected chi connectivity index (χ4v) is 4.05. The van der Waals surface area contributed by atoms with Crippen LogP contribution in [0.25, 0.3) is 11.6 Å². The standard InChI is InChI=1S/C22H24O2.C6H7NO/c1-15(13-16-6-8-18(9-7-16)21(23)24)19-11-10-17-5-4-12-22(2,3)20(17)14-19;7-5-1-3-6(8)4-2-5/h6-11,13-14H,4-5,12H2,1-3H3,(H,23,24);1-4,8H,7H2. The minimum Gasteiger partial charge on any atom is -0.508 e. The lowest BCUT2D eigenvalue weighted by Gasteiger charge is -2.33. The summed E-state index contributed by atoms with van der Waals surface area (Å²) in [6.07, 6.45) is 5.80. The van der Waals surface area contributed by atoms with Crippen LogP contribution in [0.2, 0.25) is 0 Å². The smallest absolute Gasteiger partial charge is 0.335 e. The molecule has 0 fully saturated rings. The summed E-state index contributed by atoms with van der Waals surface area (Å²) in [6.45, 7) is 6.78. The summed E-state index contributed by atoms with van der Waals surface area (Å²) in [6, 6.07) is 20.2. The third-order valence-electron chi connectivity index (χ3n) is 5.98. The molecular weight excluding hydrogens is 398 g/mol. The van der Waals surface area contributed by atoms with E-state index < -0.39 is 5.97 Å². The molecule has 32 heavy (non-hydrogen) atoms. The molecule has 1 aliphatic carbocycles. The Hall–Kier alpha value is -3.53. The number of aromatic carboxylic acids is 1. The van der Waals surface area contributed by atoms with Gasteiger partial charge < -0.3 is 15.9 Å². The minimum atomic E-state index is -0.890. The Balaban J connectivity index is 0.000000305. The summed E-state index contributed by atoms with van der Waals surface area (Å²) >= 11 is 0. The lowest BCUT2D eigenvalue weighted by Crippen LogP contribution is -2.23. The average molecular weight is 430 g/mol. The van der Waals surface area contributed by atoms with Crippen molar-refractivity contribution in [2.45, 2.75) is 45.4 Å². The fourth-order valence-electron chi connectivity index (χ4n) is 4.05. The van der Waals surface area contributed by atoms with Crippen molar-refractivity contribution >= 4 is 23.3 Å². The Morgan fingerprint density at radius 1 is 0.969 bits per heavy atom. The molecule has 0 saturated carbocycles. The van der Waals surface area contributed by atoms with Crippen molar-refractivity contribution in [3.8, 4) is 5.75 Å².